The van der Waals surface area contributed by atoms with E-state index in [1.807, 2.05) is 6.92 Å². The fraction of sp³-hybridized carbons (Fsp3) is 0.167. The molecule has 0 saturated carbocycles. The molecule has 0 bridgehead atoms. The van der Waals surface area contributed by atoms with E-state index in [4.69, 9.17) is 11.6 Å². The van der Waals surface area contributed by atoms with Gasteiger partial charge in [0.15, 0.2) is 0 Å². The van der Waals surface area contributed by atoms with Crippen LogP contribution in [0.3, 0.4) is 0 Å². The van der Waals surface area contributed by atoms with Crippen LogP contribution < -0.4 is 5.32 Å². The first-order valence-electron chi connectivity index (χ1n) is 5.08. The highest BCUT2D eigenvalue weighted by Crippen LogP contribution is 2.30. The zero-order valence-electron chi connectivity index (χ0n) is 9.46. The summed E-state index contributed by atoms with van der Waals surface area (Å²) in [5.74, 6) is 0.370. The molecule has 1 aromatic heterocycles. The lowest BCUT2D eigenvalue weighted by Gasteiger charge is -2.10. The maximum Gasteiger partial charge on any atom is 0.132 e. The average Bonchev–Trinajstić information content (AvgIpc) is 2.30. The first kappa shape index (κ1) is 11.8. The smallest absolute Gasteiger partial charge is 0.132 e. The Kier molecular flexibility index (Phi) is 3.24. The van der Waals surface area contributed by atoms with Crippen LogP contribution in [0.2, 0.25) is 5.02 Å². The SMILES string of the molecule is CNc1ncnc(-c2ccc(F)cc2Cl)c1C. The van der Waals surface area contributed by atoms with Crippen molar-refractivity contribution in [2.75, 3.05) is 12.4 Å². The van der Waals surface area contributed by atoms with Gasteiger partial charge < -0.3 is 5.32 Å². The summed E-state index contributed by atoms with van der Waals surface area (Å²) in [6.07, 6.45) is 1.45. The highest BCUT2D eigenvalue weighted by molar-refractivity contribution is 6.33. The van der Waals surface area contributed by atoms with Crippen molar-refractivity contribution in [3.8, 4) is 11.3 Å². The van der Waals surface area contributed by atoms with Crippen molar-refractivity contribution >= 4 is 17.4 Å². The van der Waals surface area contributed by atoms with Gasteiger partial charge >= 0.3 is 0 Å². The van der Waals surface area contributed by atoms with Crippen molar-refractivity contribution in [3.05, 3.63) is 40.9 Å². The molecule has 0 aliphatic carbocycles. The summed E-state index contributed by atoms with van der Waals surface area (Å²) in [5.41, 5.74) is 2.28. The third kappa shape index (κ3) is 2.22. The third-order valence-electron chi connectivity index (χ3n) is 2.51. The number of anilines is 1. The van der Waals surface area contributed by atoms with Crippen molar-refractivity contribution in [2.45, 2.75) is 6.92 Å². The monoisotopic (exact) mass is 251 g/mol. The lowest BCUT2D eigenvalue weighted by atomic mass is 10.1. The fourth-order valence-corrected chi connectivity index (χ4v) is 1.91. The number of halogens is 2. The van der Waals surface area contributed by atoms with Crippen LogP contribution in [-0.2, 0) is 0 Å². The molecular weight excluding hydrogens is 241 g/mol. The number of rotatable bonds is 2. The zero-order chi connectivity index (χ0) is 12.4. The lowest BCUT2D eigenvalue weighted by Crippen LogP contribution is -1.99. The van der Waals surface area contributed by atoms with Crippen LogP contribution in [0.1, 0.15) is 5.56 Å². The molecule has 0 spiro atoms. The van der Waals surface area contributed by atoms with Gasteiger partial charge in [-0.15, -0.1) is 0 Å². The maximum absolute atomic E-state index is 13.0. The van der Waals surface area contributed by atoms with Crippen LogP contribution in [-0.4, -0.2) is 17.0 Å². The van der Waals surface area contributed by atoms with Crippen LogP contribution >= 0.6 is 11.6 Å². The first-order chi connectivity index (χ1) is 8.13. The second-order valence-corrected chi connectivity index (χ2v) is 3.98. The number of nitrogens with one attached hydrogen (secondary N) is 1. The van der Waals surface area contributed by atoms with Gasteiger partial charge in [-0.2, -0.15) is 0 Å². The summed E-state index contributed by atoms with van der Waals surface area (Å²) < 4.78 is 13.0. The molecular formula is C12H11ClFN3. The normalized spacial score (nSPS) is 10.4. The highest BCUT2D eigenvalue weighted by Gasteiger charge is 2.11. The predicted octanol–water partition coefficient (Wildman–Crippen LogP) is 3.29. The van der Waals surface area contributed by atoms with Gasteiger partial charge in [-0.25, -0.2) is 14.4 Å². The Hall–Kier alpha value is -1.68. The van der Waals surface area contributed by atoms with E-state index in [0.717, 1.165) is 11.4 Å². The quantitative estimate of drug-likeness (QED) is 0.890. The van der Waals surface area contributed by atoms with Gasteiger partial charge in [0.25, 0.3) is 0 Å². The van der Waals surface area contributed by atoms with Crippen molar-refractivity contribution < 1.29 is 4.39 Å². The second kappa shape index (κ2) is 4.67. The molecule has 1 heterocycles. The molecule has 2 aromatic rings. The van der Waals surface area contributed by atoms with Crippen LogP contribution in [0, 0.1) is 12.7 Å². The maximum atomic E-state index is 13.0. The minimum absolute atomic E-state index is 0.342. The Labute approximate surface area is 104 Å². The number of hydrogen-bond donors (Lipinski definition) is 1. The summed E-state index contributed by atoms with van der Waals surface area (Å²) in [6, 6.07) is 4.26. The minimum atomic E-state index is -0.362. The fourth-order valence-electron chi connectivity index (χ4n) is 1.66. The minimum Gasteiger partial charge on any atom is -0.373 e. The topological polar surface area (TPSA) is 37.8 Å². The third-order valence-corrected chi connectivity index (χ3v) is 2.82. The van der Waals surface area contributed by atoms with Crippen LogP contribution in [0.4, 0.5) is 10.2 Å². The van der Waals surface area contributed by atoms with Gasteiger partial charge in [-0.1, -0.05) is 11.6 Å². The Bertz CT molecular complexity index is 557. The van der Waals surface area contributed by atoms with Crippen molar-refractivity contribution in [2.24, 2.45) is 0 Å². The number of aromatic nitrogens is 2. The summed E-state index contributed by atoms with van der Waals surface area (Å²) >= 11 is 6.01. The zero-order valence-corrected chi connectivity index (χ0v) is 10.2. The highest BCUT2D eigenvalue weighted by atomic mass is 35.5. The molecule has 0 fully saturated rings. The predicted molar refractivity (Wildman–Crippen MR) is 66.7 cm³/mol. The largest absolute Gasteiger partial charge is 0.373 e. The Morgan fingerprint density at radius 1 is 1.29 bits per heavy atom. The van der Waals surface area contributed by atoms with Crippen molar-refractivity contribution in [1.29, 1.82) is 0 Å². The standard InChI is InChI=1S/C12H11ClFN3/c1-7-11(16-6-17-12(7)15-2)9-4-3-8(14)5-10(9)13/h3-6H,1-2H3,(H,15,16,17). The van der Waals surface area contributed by atoms with Crippen LogP contribution in [0.15, 0.2) is 24.5 Å². The van der Waals surface area contributed by atoms with Gasteiger partial charge in [-0.3, -0.25) is 0 Å². The van der Waals surface area contributed by atoms with E-state index in [1.165, 1.54) is 18.5 Å². The summed E-state index contributed by atoms with van der Waals surface area (Å²) in [4.78, 5) is 8.28. The van der Waals surface area contributed by atoms with Crippen LogP contribution in [0.5, 0.6) is 0 Å². The van der Waals surface area contributed by atoms with E-state index in [-0.39, 0.29) is 5.82 Å². The number of benzene rings is 1. The summed E-state index contributed by atoms with van der Waals surface area (Å²) in [6.45, 7) is 1.89. The van der Waals surface area contributed by atoms with Gasteiger partial charge in [0.2, 0.25) is 0 Å². The summed E-state index contributed by atoms with van der Waals surface area (Å²) in [7, 11) is 1.78. The Morgan fingerprint density at radius 2 is 2.06 bits per heavy atom. The average molecular weight is 252 g/mol. The molecule has 88 valence electrons. The molecule has 5 heteroatoms. The molecule has 0 unspecified atom stereocenters. The van der Waals surface area contributed by atoms with Gasteiger partial charge in [0.1, 0.15) is 18.0 Å². The molecule has 0 radical (unpaired) electrons. The van der Waals surface area contributed by atoms with Crippen LogP contribution in [0.25, 0.3) is 11.3 Å². The number of nitrogens with zero attached hydrogens (tertiary/aromatic N) is 2. The molecule has 0 aliphatic heterocycles. The molecule has 0 amide bonds. The molecule has 2 rings (SSSR count). The Balaban J connectivity index is 2.60. The molecule has 17 heavy (non-hydrogen) atoms. The molecule has 1 N–H and O–H groups in total. The van der Waals surface area contributed by atoms with Gasteiger partial charge in [0, 0.05) is 18.2 Å². The van der Waals surface area contributed by atoms with Crippen molar-refractivity contribution in [1.82, 2.24) is 9.97 Å². The van der Waals surface area contributed by atoms with Crippen molar-refractivity contribution in [3.63, 3.8) is 0 Å². The van der Waals surface area contributed by atoms with E-state index in [9.17, 15) is 4.39 Å². The van der Waals surface area contributed by atoms with Gasteiger partial charge in [0.05, 0.1) is 10.7 Å². The van der Waals surface area contributed by atoms with E-state index >= 15 is 0 Å². The first-order valence-corrected chi connectivity index (χ1v) is 5.46. The molecule has 0 saturated heterocycles. The van der Waals surface area contributed by atoms with E-state index in [0.29, 0.717) is 16.3 Å². The van der Waals surface area contributed by atoms with E-state index in [1.54, 1.807) is 13.1 Å². The van der Waals surface area contributed by atoms with E-state index in [2.05, 4.69) is 15.3 Å². The lowest BCUT2D eigenvalue weighted by molar-refractivity contribution is 0.628. The van der Waals surface area contributed by atoms with Gasteiger partial charge in [-0.05, 0) is 25.1 Å². The number of hydrogen-bond acceptors (Lipinski definition) is 3. The molecule has 0 aliphatic rings. The molecule has 3 nitrogen and oxygen atoms in total. The second-order valence-electron chi connectivity index (χ2n) is 3.57. The molecule has 0 atom stereocenters. The molecule has 1 aromatic carbocycles. The summed E-state index contributed by atoms with van der Waals surface area (Å²) in [5, 5.41) is 3.31. The Morgan fingerprint density at radius 3 is 2.71 bits per heavy atom. The van der Waals surface area contributed by atoms with E-state index < -0.39 is 0 Å².